The Kier molecular flexibility index (Phi) is 6.66. The zero-order chi connectivity index (χ0) is 6.95. The Bertz CT molecular complexity index is 108. The van der Waals surface area contributed by atoms with Crippen LogP contribution in [0.5, 0.6) is 0 Å². The summed E-state index contributed by atoms with van der Waals surface area (Å²) < 4.78 is 0. The average Bonchev–Trinajstić information content (AvgIpc) is 1.89. The second-order valence-corrected chi connectivity index (χ2v) is 1.73. The molecular weight excluding hydrogens is 112 g/mol. The largest absolute Gasteiger partial charge is 0.396 e. The van der Waals surface area contributed by atoms with E-state index in [1.807, 2.05) is 12.2 Å². The molecule has 0 saturated carbocycles. The van der Waals surface area contributed by atoms with Gasteiger partial charge >= 0.3 is 0 Å². The van der Waals surface area contributed by atoms with Crippen LogP contribution < -0.4 is 0 Å². The molecule has 0 unspecified atom stereocenters. The molecule has 0 fully saturated rings. The lowest BCUT2D eigenvalue weighted by Crippen LogP contribution is -1.74. The Morgan fingerprint density at radius 1 is 1.33 bits per heavy atom. The maximum absolute atomic E-state index is 8.33. The first kappa shape index (κ1) is 8.26. The fourth-order valence-electron chi connectivity index (χ4n) is 0.477. The Morgan fingerprint density at radius 3 is 2.56 bits per heavy atom. The van der Waals surface area contributed by atoms with E-state index in [0.717, 1.165) is 19.3 Å². The van der Waals surface area contributed by atoms with Gasteiger partial charge in [0.15, 0.2) is 0 Å². The minimum Gasteiger partial charge on any atom is -0.396 e. The molecule has 9 heavy (non-hydrogen) atoms. The van der Waals surface area contributed by atoms with Crippen LogP contribution in [0, 0.1) is 12.3 Å². The summed E-state index contributed by atoms with van der Waals surface area (Å²) in [6.45, 7) is 0.229. The maximum atomic E-state index is 8.33. The molecular formula is C8H12O. The molecule has 0 aromatic rings. The summed E-state index contributed by atoms with van der Waals surface area (Å²) >= 11 is 0. The molecule has 0 amide bonds. The summed E-state index contributed by atoms with van der Waals surface area (Å²) in [5.74, 6) is 2.53. The number of hydrogen-bond donors (Lipinski definition) is 1. The van der Waals surface area contributed by atoms with Crippen LogP contribution in [0.4, 0.5) is 0 Å². The first-order valence-electron chi connectivity index (χ1n) is 3.11. The predicted octanol–water partition coefficient (Wildman–Crippen LogP) is 1.34. The molecule has 0 aromatic heterocycles. The molecule has 0 saturated heterocycles. The van der Waals surface area contributed by atoms with Gasteiger partial charge in [-0.3, -0.25) is 0 Å². The molecule has 1 nitrogen and oxygen atoms in total. The molecule has 50 valence electrons. The van der Waals surface area contributed by atoms with Crippen LogP contribution in [0.25, 0.3) is 0 Å². The highest BCUT2D eigenvalue weighted by molar-refractivity contribution is 4.90. The van der Waals surface area contributed by atoms with Crippen LogP contribution >= 0.6 is 0 Å². The summed E-state index contributed by atoms with van der Waals surface area (Å²) in [7, 11) is 0. The molecule has 0 aliphatic carbocycles. The standard InChI is InChI=1S/C8H12O/c1-2-3-4-5-6-7-8-9/h1,5-6,9H,3-4,7-8H2/b6-5+. The first-order chi connectivity index (χ1) is 4.41. The van der Waals surface area contributed by atoms with Gasteiger partial charge in [-0.25, -0.2) is 0 Å². The van der Waals surface area contributed by atoms with Gasteiger partial charge in [-0.2, -0.15) is 0 Å². The number of hydrogen-bond acceptors (Lipinski definition) is 1. The van der Waals surface area contributed by atoms with E-state index in [1.54, 1.807) is 0 Å². The number of allylic oxidation sites excluding steroid dienone is 1. The van der Waals surface area contributed by atoms with E-state index in [2.05, 4.69) is 5.92 Å². The van der Waals surface area contributed by atoms with Gasteiger partial charge in [0, 0.05) is 13.0 Å². The average molecular weight is 124 g/mol. The number of rotatable bonds is 4. The molecule has 0 aromatic carbocycles. The highest BCUT2D eigenvalue weighted by Crippen LogP contribution is 1.89. The van der Waals surface area contributed by atoms with Crippen LogP contribution in [0.15, 0.2) is 12.2 Å². The van der Waals surface area contributed by atoms with Crippen molar-refractivity contribution in [2.24, 2.45) is 0 Å². The van der Waals surface area contributed by atoms with Gasteiger partial charge < -0.3 is 5.11 Å². The van der Waals surface area contributed by atoms with Crippen LogP contribution in [0.2, 0.25) is 0 Å². The topological polar surface area (TPSA) is 20.2 Å². The Hall–Kier alpha value is -0.740. The zero-order valence-electron chi connectivity index (χ0n) is 5.51. The van der Waals surface area contributed by atoms with Crippen molar-refractivity contribution in [3.8, 4) is 12.3 Å². The van der Waals surface area contributed by atoms with Crippen LogP contribution in [-0.2, 0) is 0 Å². The molecule has 1 heteroatoms. The highest BCUT2D eigenvalue weighted by atomic mass is 16.2. The quantitative estimate of drug-likeness (QED) is 0.340. The third kappa shape index (κ3) is 7.26. The van der Waals surface area contributed by atoms with E-state index in [0.29, 0.717) is 0 Å². The predicted molar refractivity (Wildman–Crippen MR) is 38.9 cm³/mol. The molecule has 0 bridgehead atoms. The van der Waals surface area contributed by atoms with Crippen molar-refractivity contribution in [3.05, 3.63) is 12.2 Å². The van der Waals surface area contributed by atoms with E-state index in [-0.39, 0.29) is 6.61 Å². The Labute approximate surface area is 56.4 Å². The van der Waals surface area contributed by atoms with Gasteiger partial charge in [-0.05, 0) is 12.8 Å². The van der Waals surface area contributed by atoms with E-state index in [9.17, 15) is 0 Å². The van der Waals surface area contributed by atoms with Gasteiger partial charge in [0.05, 0.1) is 0 Å². The van der Waals surface area contributed by atoms with Crippen molar-refractivity contribution in [2.75, 3.05) is 6.61 Å². The van der Waals surface area contributed by atoms with Gasteiger partial charge in [0.25, 0.3) is 0 Å². The van der Waals surface area contributed by atoms with Crippen LogP contribution in [0.1, 0.15) is 19.3 Å². The molecule has 0 spiro atoms. The molecule has 1 N–H and O–H groups in total. The van der Waals surface area contributed by atoms with Crippen molar-refractivity contribution in [1.29, 1.82) is 0 Å². The third-order valence-corrected chi connectivity index (χ3v) is 0.918. The van der Waals surface area contributed by atoms with Gasteiger partial charge in [-0.15, -0.1) is 12.3 Å². The molecule has 0 heterocycles. The van der Waals surface area contributed by atoms with Crippen molar-refractivity contribution >= 4 is 0 Å². The second kappa shape index (κ2) is 7.26. The zero-order valence-corrected chi connectivity index (χ0v) is 5.51. The molecule has 0 aliphatic rings. The minimum atomic E-state index is 0.229. The fraction of sp³-hybridized carbons (Fsp3) is 0.500. The SMILES string of the molecule is C#CCC/C=C/CCO. The lowest BCUT2D eigenvalue weighted by atomic mass is 10.3. The fourth-order valence-corrected chi connectivity index (χ4v) is 0.477. The number of unbranched alkanes of at least 4 members (excludes halogenated alkanes) is 1. The van der Waals surface area contributed by atoms with E-state index in [4.69, 9.17) is 11.5 Å². The molecule has 0 atom stereocenters. The van der Waals surface area contributed by atoms with E-state index < -0.39 is 0 Å². The monoisotopic (exact) mass is 124 g/mol. The number of aliphatic hydroxyl groups is 1. The van der Waals surface area contributed by atoms with Gasteiger partial charge in [0.2, 0.25) is 0 Å². The lowest BCUT2D eigenvalue weighted by molar-refractivity contribution is 0.302. The second-order valence-electron chi connectivity index (χ2n) is 1.73. The smallest absolute Gasteiger partial charge is 0.0465 e. The maximum Gasteiger partial charge on any atom is 0.0465 e. The van der Waals surface area contributed by atoms with Crippen LogP contribution in [-0.4, -0.2) is 11.7 Å². The van der Waals surface area contributed by atoms with Crippen molar-refractivity contribution in [2.45, 2.75) is 19.3 Å². The summed E-state index contributed by atoms with van der Waals surface area (Å²) in [6, 6.07) is 0. The summed E-state index contributed by atoms with van der Waals surface area (Å²) in [5.41, 5.74) is 0. The lowest BCUT2D eigenvalue weighted by Gasteiger charge is -1.83. The third-order valence-electron chi connectivity index (χ3n) is 0.918. The summed E-state index contributed by atoms with van der Waals surface area (Å²) in [4.78, 5) is 0. The molecule has 0 radical (unpaired) electrons. The van der Waals surface area contributed by atoms with Crippen molar-refractivity contribution < 1.29 is 5.11 Å². The van der Waals surface area contributed by atoms with Crippen LogP contribution in [0.3, 0.4) is 0 Å². The Morgan fingerprint density at radius 2 is 2.00 bits per heavy atom. The first-order valence-corrected chi connectivity index (χ1v) is 3.11. The summed E-state index contributed by atoms with van der Waals surface area (Å²) in [6.07, 6.45) is 11.4. The number of aliphatic hydroxyl groups excluding tert-OH is 1. The van der Waals surface area contributed by atoms with Crippen molar-refractivity contribution in [3.63, 3.8) is 0 Å². The highest BCUT2D eigenvalue weighted by Gasteiger charge is 1.74. The van der Waals surface area contributed by atoms with Gasteiger partial charge in [0.1, 0.15) is 0 Å². The molecule has 0 rings (SSSR count). The minimum absolute atomic E-state index is 0.229. The normalized spacial score (nSPS) is 9.78. The van der Waals surface area contributed by atoms with E-state index in [1.165, 1.54) is 0 Å². The number of terminal acetylenes is 1. The van der Waals surface area contributed by atoms with E-state index >= 15 is 0 Å². The molecule has 0 aliphatic heterocycles. The Balaban J connectivity index is 2.97. The van der Waals surface area contributed by atoms with Crippen molar-refractivity contribution in [1.82, 2.24) is 0 Å². The summed E-state index contributed by atoms with van der Waals surface area (Å²) in [5, 5.41) is 8.33. The van der Waals surface area contributed by atoms with Gasteiger partial charge in [-0.1, -0.05) is 12.2 Å².